The molecule has 6 heteroatoms. The number of hydrogen-bond donors (Lipinski definition) is 2. The molecule has 0 radical (unpaired) electrons. The van der Waals surface area contributed by atoms with Crippen LogP contribution < -0.4 is 5.32 Å². The lowest BCUT2D eigenvalue weighted by molar-refractivity contribution is -0.175. The summed E-state index contributed by atoms with van der Waals surface area (Å²) in [6.07, 6.45) is 11.8. The van der Waals surface area contributed by atoms with E-state index in [0.29, 0.717) is 6.42 Å². The van der Waals surface area contributed by atoms with E-state index in [1.165, 1.54) is 77.6 Å². The first-order valence-electron chi connectivity index (χ1n) is 10.8. The summed E-state index contributed by atoms with van der Waals surface area (Å²) in [5.41, 5.74) is 0. The summed E-state index contributed by atoms with van der Waals surface area (Å²) >= 11 is 0. The summed E-state index contributed by atoms with van der Waals surface area (Å²) in [5, 5.41) is 11.6. The van der Waals surface area contributed by atoms with Crippen LogP contribution in [-0.4, -0.2) is 29.3 Å². The summed E-state index contributed by atoms with van der Waals surface area (Å²) in [4.78, 5) is 10.8. The summed E-state index contributed by atoms with van der Waals surface area (Å²) in [5.74, 6) is -1.99. The van der Waals surface area contributed by atoms with Gasteiger partial charge in [0.25, 0.3) is 0 Å². The third kappa shape index (κ3) is 15.9. The average molecular weight is 396 g/mol. The van der Waals surface area contributed by atoms with E-state index in [1.807, 2.05) is 0 Å². The summed E-state index contributed by atoms with van der Waals surface area (Å²) in [6, 6.07) is -0.888. The molecule has 1 amide bonds. The number of unbranched alkanes of at least 4 members (excludes halogenated alkanes) is 13. The highest BCUT2D eigenvalue weighted by Crippen LogP contribution is 2.16. The van der Waals surface area contributed by atoms with Crippen LogP contribution in [0.3, 0.4) is 0 Å². The molecule has 0 aromatic rings. The highest BCUT2D eigenvalue weighted by molar-refractivity contribution is 5.81. The van der Waals surface area contributed by atoms with E-state index >= 15 is 0 Å². The fourth-order valence-electron chi connectivity index (χ4n) is 3.18. The van der Waals surface area contributed by atoms with Gasteiger partial charge in [0, 0.05) is 0 Å². The predicted molar refractivity (Wildman–Crippen MR) is 105 cm³/mol. The van der Waals surface area contributed by atoms with Gasteiger partial charge in [0.05, 0.1) is 12.1 Å². The first kappa shape index (κ1) is 26.2. The summed E-state index contributed by atoms with van der Waals surface area (Å²) < 4.78 is 36.5. The second-order valence-electron chi connectivity index (χ2n) is 7.71. The van der Waals surface area contributed by atoms with Gasteiger partial charge in [0.2, 0.25) is 0 Å². The van der Waals surface area contributed by atoms with E-state index in [9.17, 15) is 23.1 Å². The first-order valence-corrected chi connectivity index (χ1v) is 10.8. The zero-order valence-corrected chi connectivity index (χ0v) is 17.3. The molecule has 2 N–H and O–H groups in total. The molecule has 0 saturated heterocycles. The molecule has 0 saturated carbocycles. The molecule has 0 aliphatic rings. The number of halogens is 3. The molecule has 2 atom stereocenters. The standard InChI is InChI=1S/C21H40F3NO2/c1-3-4-5-6-7-8-9-10-11-12-13-14-15-16-17-19(26)18(2)25-20(27)21(22,23)24/h18-19,26H,3-17H2,1-2H3,(H,25,27)/t18-,19+/m0/s1. The molecule has 0 aromatic carbocycles. The van der Waals surface area contributed by atoms with E-state index in [2.05, 4.69) is 6.92 Å². The fraction of sp³-hybridized carbons (Fsp3) is 0.952. The fourth-order valence-corrected chi connectivity index (χ4v) is 3.18. The Balaban J connectivity index is 3.42. The molecule has 0 bridgehead atoms. The molecule has 0 rings (SSSR count). The third-order valence-corrected chi connectivity index (χ3v) is 5.05. The van der Waals surface area contributed by atoms with Gasteiger partial charge in [0.15, 0.2) is 0 Å². The third-order valence-electron chi connectivity index (χ3n) is 5.05. The first-order chi connectivity index (χ1) is 12.8. The minimum absolute atomic E-state index is 0.414. The lowest BCUT2D eigenvalue weighted by Gasteiger charge is -2.20. The molecule has 27 heavy (non-hydrogen) atoms. The van der Waals surface area contributed by atoms with Crippen molar-refractivity contribution >= 4 is 5.91 Å². The number of carbonyl (C=O) groups is 1. The van der Waals surface area contributed by atoms with Crippen LogP contribution >= 0.6 is 0 Å². The Hall–Kier alpha value is -0.780. The van der Waals surface area contributed by atoms with E-state index in [4.69, 9.17) is 0 Å². The SMILES string of the molecule is CCCCCCCCCCCCCCCC[C@@H](O)[C@H](C)NC(=O)C(F)(F)F. The zero-order chi connectivity index (χ0) is 20.5. The highest BCUT2D eigenvalue weighted by atomic mass is 19.4. The van der Waals surface area contributed by atoms with Crippen molar-refractivity contribution in [3.63, 3.8) is 0 Å². The maximum Gasteiger partial charge on any atom is 0.471 e. The number of rotatable bonds is 17. The van der Waals surface area contributed by atoms with Gasteiger partial charge in [-0.2, -0.15) is 13.2 Å². The van der Waals surface area contributed by atoms with Gasteiger partial charge < -0.3 is 10.4 Å². The maximum atomic E-state index is 12.2. The molecular weight excluding hydrogens is 355 g/mol. The van der Waals surface area contributed by atoms with E-state index in [1.54, 1.807) is 5.32 Å². The number of aliphatic hydroxyl groups excluding tert-OH is 1. The zero-order valence-electron chi connectivity index (χ0n) is 17.3. The molecule has 0 spiro atoms. The van der Waals surface area contributed by atoms with Crippen molar-refractivity contribution < 1.29 is 23.1 Å². The highest BCUT2D eigenvalue weighted by Gasteiger charge is 2.39. The normalized spacial score (nSPS) is 14.1. The minimum atomic E-state index is -4.90. The topological polar surface area (TPSA) is 49.3 Å². The quantitative estimate of drug-likeness (QED) is 0.285. The van der Waals surface area contributed by atoms with Gasteiger partial charge in [-0.3, -0.25) is 4.79 Å². The smallest absolute Gasteiger partial charge is 0.391 e. The lowest BCUT2D eigenvalue weighted by Crippen LogP contribution is -2.46. The number of hydrogen-bond acceptors (Lipinski definition) is 2. The second-order valence-corrected chi connectivity index (χ2v) is 7.71. The minimum Gasteiger partial charge on any atom is -0.391 e. The Morgan fingerprint density at radius 2 is 1.19 bits per heavy atom. The van der Waals surface area contributed by atoms with Crippen molar-refractivity contribution in [3.05, 3.63) is 0 Å². The molecule has 0 unspecified atom stereocenters. The average Bonchev–Trinajstić information content (AvgIpc) is 2.60. The van der Waals surface area contributed by atoms with E-state index < -0.39 is 24.2 Å². The monoisotopic (exact) mass is 395 g/mol. The van der Waals surface area contributed by atoms with Gasteiger partial charge in [0.1, 0.15) is 0 Å². The van der Waals surface area contributed by atoms with Crippen molar-refractivity contribution in [2.24, 2.45) is 0 Å². The summed E-state index contributed by atoms with van der Waals surface area (Å²) in [6.45, 7) is 3.64. The van der Waals surface area contributed by atoms with E-state index in [-0.39, 0.29) is 0 Å². The van der Waals surface area contributed by atoms with Crippen LogP contribution in [-0.2, 0) is 4.79 Å². The van der Waals surface area contributed by atoms with Crippen LogP contribution in [0.5, 0.6) is 0 Å². The molecule has 0 aliphatic carbocycles. The predicted octanol–water partition coefficient (Wildman–Crippen LogP) is 6.29. The molecular formula is C21H40F3NO2. The van der Waals surface area contributed by atoms with Crippen LogP contribution in [0.2, 0.25) is 0 Å². The van der Waals surface area contributed by atoms with Gasteiger partial charge in [-0.1, -0.05) is 96.8 Å². The maximum absolute atomic E-state index is 12.2. The van der Waals surface area contributed by atoms with Gasteiger partial charge in [-0.25, -0.2) is 0 Å². The second kappa shape index (κ2) is 16.2. The lowest BCUT2D eigenvalue weighted by atomic mass is 10.0. The Morgan fingerprint density at radius 1 is 0.815 bits per heavy atom. The van der Waals surface area contributed by atoms with Gasteiger partial charge in [-0.15, -0.1) is 0 Å². The van der Waals surface area contributed by atoms with Crippen molar-refractivity contribution in [1.29, 1.82) is 0 Å². The number of amides is 1. The number of nitrogens with one attached hydrogen (secondary N) is 1. The van der Waals surface area contributed by atoms with Crippen molar-refractivity contribution in [1.82, 2.24) is 5.32 Å². The van der Waals surface area contributed by atoms with Crippen molar-refractivity contribution in [2.45, 2.75) is 128 Å². The number of carbonyl (C=O) groups excluding carboxylic acids is 1. The largest absolute Gasteiger partial charge is 0.471 e. The van der Waals surface area contributed by atoms with Crippen molar-refractivity contribution in [2.75, 3.05) is 0 Å². The van der Waals surface area contributed by atoms with Crippen LogP contribution in [0.1, 0.15) is 110 Å². The van der Waals surface area contributed by atoms with Crippen LogP contribution in [0.25, 0.3) is 0 Å². The molecule has 3 nitrogen and oxygen atoms in total. The molecule has 0 aliphatic heterocycles. The molecule has 0 fully saturated rings. The number of alkyl halides is 3. The Morgan fingerprint density at radius 3 is 1.56 bits per heavy atom. The molecule has 162 valence electrons. The Bertz CT molecular complexity index is 362. The Labute approximate surface area is 163 Å². The molecule has 0 heterocycles. The van der Waals surface area contributed by atoms with Gasteiger partial charge >= 0.3 is 12.1 Å². The van der Waals surface area contributed by atoms with Crippen molar-refractivity contribution in [3.8, 4) is 0 Å². The summed E-state index contributed by atoms with van der Waals surface area (Å²) in [7, 11) is 0. The van der Waals surface area contributed by atoms with Gasteiger partial charge in [-0.05, 0) is 13.3 Å². The Kier molecular flexibility index (Phi) is 15.7. The van der Waals surface area contributed by atoms with Crippen LogP contribution in [0, 0.1) is 0 Å². The van der Waals surface area contributed by atoms with Crippen LogP contribution in [0.4, 0.5) is 13.2 Å². The number of aliphatic hydroxyl groups is 1. The van der Waals surface area contributed by atoms with Crippen LogP contribution in [0.15, 0.2) is 0 Å². The molecule has 0 aromatic heterocycles. The van der Waals surface area contributed by atoms with E-state index in [0.717, 1.165) is 19.3 Å².